The van der Waals surface area contributed by atoms with Gasteiger partial charge in [-0.05, 0) is 54.2 Å². The third-order valence-corrected chi connectivity index (χ3v) is 6.29. The highest BCUT2D eigenvalue weighted by atomic mass is 35.5. The number of likely N-dealkylation sites (tertiary alicyclic amines) is 1. The van der Waals surface area contributed by atoms with Crippen LogP contribution in [0, 0.1) is 17.2 Å². The summed E-state index contributed by atoms with van der Waals surface area (Å²) in [6.45, 7) is 3.41. The van der Waals surface area contributed by atoms with Gasteiger partial charge in [0.1, 0.15) is 0 Å². The van der Waals surface area contributed by atoms with Crippen LogP contribution < -0.4 is 0 Å². The van der Waals surface area contributed by atoms with Crippen molar-refractivity contribution in [3.8, 4) is 17.2 Å². The number of hydrogen-bond donors (Lipinski definition) is 0. The summed E-state index contributed by atoms with van der Waals surface area (Å²) < 4.78 is 0. The second-order valence-corrected chi connectivity index (χ2v) is 8.12. The molecule has 134 valence electrons. The maximum atomic E-state index is 11.4. The van der Waals surface area contributed by atoms with Gasteiger partial charge in [0, 0.05) is 35.7 Å². The van der Waals surface area contributed by atoms with E-state index >= 15 is 0 Å². The first-order valence-electron chi connectivity index (χ1n) is 8.75. The van der Waals surface area contributed by atoms with Crippen molar-refractivity contribution in [2.45, 2.75) is 24.7 Å². The molecule has 1 fully saturated rings. The summed E-state index contributed by atoms with van der Waals surface area (Å²) in [5.74, 6) is 1.93. The number of thioether (sulfide) groups is 1. The van der Waals surface area contributed by atoms with Crippen molar-refractivity contribution in [2.24, 2.45) is 5.92 Å². The molecule has 0 spiro atoms. The second kappa shape index (κ2) is 8.62. The van der Waals surface area contributed by atoms with Gasteiger partial charge in [-0.1, -0.05) is 29.8 Å². The van der Waals surface area contributed by atoms with Gasteiger partial charge in [0.2, 0.25) is 5.91 Å². The average molecular weight is 385 g/mol. The quantitative estimate of drug-likeness (QED) is 0.678. The van der Waals surface area contributed by atoms with E-state index in [0.717, 1.165) is 42.8 Å². The fourth-order valence-electron chi connectivity index (χ4n) is 3.22. The number of piperidine rings is 1. The highest BCUT2D eigenvalue weighted by Crippen LogP contribution is 2.30. The molecule has 0 aromatic heterocycles. The van der Waals surface area contributed by atoms with Crippen LogP contribution in [0.1, 0.15) is 25.3 Å². The first-order valence-corrected chi connectivity index (χ1v) is 10.1. The highest BCUT2D eigenvalue weighted by Gasteiger charge is 2.20. The lowest BCUT2D eigenvalue weighted by molar-refractivity contribution is -0.130. The first-order chi connectivity index (χ1) is 12.6. The molecule has 0 atom stereocenters. The van der Waals surface area contributed by atoms with Gasteiger partial charge in [0.05, 0.1) is 11.6 Å². The van der Waals surface area contributed by atoms with Gasteiger partial charge in [-0.3, -0.25) is 4.79 Å². The number of rotatable bonds is 4. The van der Waals surface area contributed by atoms with Crippen LogP contribution in [0.25, 0.3) is 11.1 Å². The molecular formula is C21H21ClN2OS. The van der Waals surface area contributed by atoms with Crippen molar-refractivity contribution in [1.29, 1.82) is 5.26 Å². The number of benzene rings is 2. The zero-order valence-corrected chi connectivity index (χ0v) is 16.3. The SMILES string of the molecule is CC(=O)N1CCC(CSc2ccc(-c3ccc(Cl)cc3C#N)cc2)CC1. The largest absolute Gasteiger partial charge is 0.343 e. The Morgan fingerprint density at radius 2 is 1.92 bits per heavy atom. The van der Waals surface area contributed by atoms with Crippen LogP contribution in [0.2, 0.25) is 5.02 Å². The van der Waals surface area contributed by atoms with Gasteiger partial charge < -0.3 is 4.90 Å². The molecule has 0 saturated carbocycles. The van der Waals surface area contributed by atoms with Crippen LogP contribution in [-0.2, 0) is 4.79 Å². The van der Waals surface area contributed by atoms with Gasteiger partial charge in [-0.25, -0.2) is 0 Å². The van der Waals surface area contributed by atoms with Gasteiger partial charge in [-0.2, -0.15) is 5.26 Å². The van der Waals surface area contributed by atoms with E-state index in [9.17, 15) is 10.1 Å². The minimum absolute atomic E-state index is 0.186. The molecule has 26 heavy (non-hydrogen) atoms. The summed E-state index contributed by atoms with van der Waals surface area (Å²) in [5.41, 5.74) is 2.53. The molecule has 3 rings (SSSR count). The van der Waals surface area contributed by atoms with E-state index in [1.165, 1.54) is 4.90 Å². The Labute approximate surface area is 164 Å². The Bertz CT molecular complexity index is 821. The summed E-state index contributed by atoms with van der Waals surface area (Å²) in [5, 5.41) is 9.88. The minimum Gasteiger partial charge on any atom is -0.343 e. The molecule has 0 unspecified atom stereocenters. The molecule has 0 aliphatic carbocycles. The van der Waals surface area contributed by atoms with Crippen molar-refractivity contribution in [3.63, 3.8) is 0 Å². The predicted octanol–water partition coefficient (Wildman–Crippen LogP) is 5.23. The molecule has 1 amide bonds. The Morgan fingerprint density at radius 3 is 2.54 bits per heavy atom. The van der Waals surface area contributed by atoms with Crippen LogP contribution in [0.5, 0.6) is 0 Å². The zero-order valence-electron chi connectivity index (χ0n) is 14.7. The van der Waals surface area contributed by atoms with Crippen molar-refractivity contribution < 1.29 is 4.79 Å². The molecule has 1 saturated heterocycles. The normalized spacial score (nSPS) is 14.9. The summed E-state index contributed by atoms with van der Waals surface area (Å²) in [6.07, 6.45) is 2.17. The van der Waals surface area contributed by atoms with Crippen LogP contribution in [0.4, 0.5) is 0 Å². The third kappa shape index (κ3) is 4.60. The maximum Gasteiger partial charge on any atom is 0.219 e. The second-order valence-electron chi connectivity index (χ2n) is 6.59. The number of halogens is 1. The average Bonchev–Trinajstić information content (AvgIpc) is 2.67. The fraction of sp³-hybridized carbons (Fsp3) is 0.333. The standard InChI is InChI=1S/C21H21ClN2OS/c1-15(25)24-10-8-16(9-11-24)14-26-20-5-2-17(3-6-20)21-7-4-19(22)12-18(21)13-23/h2-7,12,16H,8-11,14H2,1H3. The summed E-state index contributed by atoms with van der Waals surface area (Å²) in [7, 11) is 0. The number of nitriles is 1. The first kappa shape index (κ1) is 18.8. The number of carbonyl (C=O) groups excluding carboxylic acids is 1. The maximum absolute atomic E-state index is 11.4. The van der Waals surface area contributed by atoms with E-state index < -0.39 is 0 Å². The van der Waals surface area contributed by atoms with Crippen LogP contribution in [0.15, 0.2) is 47.4 Å². The monoisotopic (exact) mass is 384 g/mol. The molecule has 0 N–H and O–H groups in total. The van der Waals surface area contributed by atoms with E-state index in [1.54, 1.807) is 13.0 Å². The van der Waals surface area contributed by atoms with Crippen LogP contribution in [0.3, 0.4) is 0 Å². The summed E-state index contributed by atoms with van der Waals surface area (Å²) >= 11 is 7.84. The molecule has 0 bridgehead atoms. The number of hydrogen-bond acceptors (Lipinski definition) is 3. The predicted molar refractivity (Wildman–Crippen MR) is 107 cm³/mol. The zero-order chi connectivity index (χ0) is 18.5. The van der Waals surface area contributed by atoms with Crippen molar-refractivity contribution in [3.05, 3.63) is 53.1 Å². The molecular weight excluding hydrogens is 364 g/mol. The van der Waals surface area contributed by atoms with E-state index in [0.29, 0.717) is 16.5 Å². The Morgan fingerprint density at radius 1 is 1.23 bits per heavy atom. The Balaban J connectivity index is 1.59. The number of nitrogens with zero attached hydrogens (tertiary/aromatic N) is 2. The van der Waals surface area contributed by atoms with Crippen LogP contribution in [-0.4, -0.2) is 29.6 Å². The lowest BCUT2D eigenvalue weighted by atomic mass is 9.99. The van der Waals surface area contributed by atoms with Crippen molar-refractivity contribution in [2.75, 3.05) is 18.8 Å². The smallest absolute Gasteiger partial charge is 0.219 e. The molecule has 0 radical (unpaired) electrons. The molecule has 1 aliphatic heterocycles. The fourth-order valence-corrected chi connectivity index (χ4v) is 4.48. The lowest BCUT2D eigenvalue weighted by Crippen LogP contribution is -2.37. The third-order valence-electron chi connectivity index (χ3n) is 4.81. The van der Waals surface area contributed by atoms with Gasteiger partial charge in [0.25, 0.3) is 0 Å². The molecule has 2 aromatic carbocycles. The van der Waals surface area contributed by atoms with Crippen molar-refractivity contribution in [1.82, 2.24) is 4.90 Å². The van der Waals surface area contributed by atoms with Crippen LogP contribution >= 0.6 is 23.4 Å². The summed E-state index contributed by atoms with van der Waals surface area (Å²) in [6, 6.07) is 16.0. The number of amides is 1. The lowest BCUT2D eigenvalue weighted by Gasteiger charge is -2.31. The molecule has 2 aromatic rings. The topological polar surface area (TPSA) is 44.1 Å². The molecule has 1 aliphatic rings. The minimum atomic E-state index is 0.186. The summed E-state index contributed by atoms with van der Waals surface area (Å²) in [4.78, 5) is 14.6. The Kier molecular flexibility index (Phi) is 6.24. The molecule has 3 nitrogen and oxygen atoms in total. The molecule has 5 heteroatoms. The van der Waals surface area contributed by atoms with E-state index in [4.69, 9.17) is 11.6 Å². The van der Waals surface area contributed by atoms with Gasteiger partial charge >= 0.3 is 0 Å². The van der Waals surface area contributed by atoms with Gasteiger partial charge in [0.15, 0.2) is 0 Å². The van der Waals surface area contributed by atoms with E-state index in [2.05, 4.69) is 30.3 Å². The van der Waals surface area contributed by atoms with E-state index in [-0.39, 0.29) is 5.91 Å². The Hall–Kier alpha value is -1.96. The van der Waals surface area contributed by atoms with Crippen molar-refractivity contribution >= 4 is 29.3 Å². The number of carbonyl (C=O) groups is 1. The van der Waals surface area contributed by atoms with E-state index in [1.807, 2.05) is 28.8 Å². The highest BCUT2D eigenvalue weighted by molar-refractivity contribution is 7.99. The van der Waals surface area contributed by atoms with Gasteiger partial charge in [-0.15, -0.1) is 11.8 Å². The molecule has 1 heterocycles.